The summed E-state index contributed by atoms with van der Waals surface area (Å²) < 4.78 is 18.0. The standard InChI is InChI=1S/C32H45N3O4/c1-23-4-8-25(9-5-23)33-18-2-20-37-28-14-6-24(7-15-28)32-35-30-17-16-29(22-31(30)39-32)38-21-3-19-34-26-10-12-27(36)13-11-26/h6-7,14-17,22-23,25-27,33-34,36H,2-5,8-13,18-21H2,1H3/t23-,25-,26-,27-. The smallest absolute Gasteiger partial charge is 0.227 e. The van der Waals surface area contributed by atoms with Crippen LogP contribution in [0.3, 0.4) is 0 Å². The van der Waals surface area contributed by atoms with Crippen LogP contribution in [0.25, 0.3) is 22.6 Å². The van der Waals surface area contributed by atoms with Crippen molar-refractivity contribution in [2.45, 2.75) is 89.3 Å². The zero-order chi connectivity index (χ0) is 26.9. The summed E-state index contributed by atoms with van der Waals surface area (Å²) in [5.41, 5.74) is 2.47. The van der Waals surface area contributed by atoms with Gasteiger partial charge in [0.1, 0.15) is 17.0 Å². The van der Waals surface area contributed by atoms with Crippen LogP contribution in [0.4, 0.5) is 0 Å². The molecule has 2 fully saturated rings. The van der Waals surface area contributed by atoms with E-state index in [0.29, 0.717) is 31.2 Å². The van der Waals surface area contributed by atoms with E-state index in [1.54, 1.807) is 0 Å². The third kappa shape index (κ3) is 8.44. The highest BCUT2D eigenvalue weighted by molar-refractivity contribution is 5.77. The van der Waals surface area contributed by atoms with Crippen molar-refractivity contribution in [3.8, 4) is 23.0 Å². The number of hydrogen-bond donors (Lipinski definition) is 3. The molecule has 0 aliphatic heterocycles. The summed E-state index contributed by atoms with van der Waals surface area (Å²) in [6, 6.07) is 15.0. The zero-order valence-corrected chi connectivity index (χ0v) is 23.4. The fourth-order valence-electron chi connectivity index (χ4n) is 5.69. The van der Waals surface area contributed by atoms with Gasteiger partial charge in [-0.1, -0.05) is 6.92 Å². The van der Waals surface area contributed by atoms with Gasteiger partial charge in [0.25, 0.3) is 0 Å². The normalized spacial score (nSPS) is 23.6. The number of oxazole rings is 1. The molecule has 2 aromatic carbocycles. The number of nitrogens with zero attached hydrogens (tertiary/aromatic N) is 1. The average Bonchev–Trinajstić information content (AvgIpc) is 3.39. The molecule has 7 nitrogen and oxygen atoms in total. The minimum atomic E-state index is -0.108. The van der Waals surface area contributed by atoms with E-state index in [-0.39, 0.29) is 6.10 Å². The largest absolute Gasteiger partial charge is 0.494 e. The molecular weight excluding hydrogens is 490 g/mol. The van der Waals surface area contributed by atoms with E-state index in [0.717, 1.165) is 85.7 Å². The number of aliphatic hydroxyl groups excluding tert-OH is 1. The van der Waals surface area contributed by atoms with E-state index in [9.17, 15) is 5.11 Å². The quantitative estimate of drug-likeness (QED) is 0.228. The summed E-state index contributed by atoms with van der Waals surface area (Å²) in [6.07, 6.45) is 11.1. The highest BCUT2D eigenvalue weighted by atomic mass is 16.5. The predicted octanol–water partition coefficient (Wildman–Crippen LogP) is 6.09. The van der Waals surface area contributed by atoms with Gasteiger partial charge in [-0.05, 0) is 120 Å². The number of ether oxygens (including phenoxy) is 2. The zero-order valence-electron chi connectivity index (χ0n) is 23.4. The Kier molecular flexibility index (Phi) is 10.1. The Morgan fingerprint density at radius 2 is 1.38 bits per heavy atom. The van der Waals surface area contributed by atoms with Gasteiger partial charge in [-0.3, -0.25) is 0 Å². The lowest BCUT2D eigenvalue weighted by Crippen LogP contribution is -2.35. The summed E-state index contributed by atoms with van der Waals surface area (Å²) in [6.45, 7) is 5.65. The third-order valence-corrected chi connectivity index (χ3v) is 8.22. The minimum absolute atomic E-state index is 0.108. The molecule has 3 N–H and O–H groups in total. The van der Waals surface area contributed by atoms with Crippen molar-refractivity contribution in [2.75, 3.05) is 26.3 Å². The van der Waals surface area contributed by atoms with Gasteiger partial charge in [0.05, 0.1) is 19.3 Å². The van der Waals surface area contributed by atoms with Gasteiger partial charge in [-0.25, -0.2) is 4.98 Å². The van der Waals surface area contributed by atoms with Gasteiger partial charge in [0.15, 0.2) is 5.58 Å². The number of benzene rings is 2. The van der Waals surface area contributed by atoms with Gasteiger partial charge in [0, 0.05) is 23.7 Å². The van der Waals surface area contributed by atoms with Crippen LogP contribution in [0.15, 0.2) is 46.9 Å². The summed E-state index contributed by atoms with van der Waals surface area (Å²) in [5, 5.41) is 16.9. The molecule has 2 saturated carbocycles. The van der Waals surface area contributed by atoms with Crippen LogP contribution in [0, 0.1) is 5.92 Å². The maximum atomic E-state index is 9.63. The third-order valence-electron chi connectivity index (χ3n) is 8.22. The Balaban J connectivity index is 1.02. The molecular formula is C32H45N3O4. The van der Waals surface area contributed by atoms with Crippen LogP contribution in [0.2, 0.25) is 0 Å². The van der Waals surface area contributed by atoms with Gasteiger partial charge < -0.3 is 29.6 Å². The Morgan fingerprint density at radius 1 is 0.795 bits per heavy atom. The van der Waals surface area contributed by atoms with E-state index in [4.69, 9.17) is 13.9 Å². The van der Waals surface area contributed by atoms with Crippen molar-refractivity contribution in [1.82, 2.24) is 15.6 Å². The Labute approximate surface area is 232 Å². The van der Waals surface area contributed by atoms with Gasteiger partial charge in [-0.2, -0.15) is 0 Å². The number of hydrogen-bond acceptors (Lipinski definition) is 7. The average molecular weight is 536 g/mol. The van der Waals surface area contributed by atoms with Crippen LogP contribution in [0.1, 0.15) is 71.1 Å². The molecule has 5 rings (SSSR count). The molecule has 0 amide bonds. The summed E-state index contributed by atoms with van der Waals surface area (Å²) in [7, 11) is 0. The van der Waals surface area contributed by atoms with Crippen molar-refractivity contribution < 1.29 is 19.0 Å². The molecule has 2 aliphatic carbocycles. The van der Waals surface area contributed by atoms with Crippen LogP contribution in [-0.4, -0.2) is 54.6 Å². The lowest BCUT2D eigenvalue weighted by atomic mass is 9.87. The molecule has 0 radical (unpaired) electrons. The molecule has 0 saturated heterocycles. The second kappa shape index (κ2) is 14.1. The first-order valence-electron chi connectivity index (χ1n) is 15.0. The lowest BCUT2D eigenvalue weighted by Gasteiger charge is -2.27. The second-order valence-electron chi connectivity index (χ2n) is 11.4. The summed E-state index contributed by atoms with van der Waals surface area (Å²) >= 11 is 0. The Bertz CT molecular complexity index is 1130. The molecule has 7 heteroatoms. The molecule has 2 aliphatic rings. The number of aromatic nitrogens is 1. The van der Waals surface area contributed by atoms with Crippen LogP contribution in [0.5, 0.6) is 11.5 Å². The maximum absolute atomic E-state index is 9.63. The van der Waals surface area contributed by atoms with E-state index in [1.807, 2.05) is 42.5 Å². The Hall–Kier alpha value is -2.61. The van der Waals surface area contributed by atoms with Gasteiger partial charge >= 0.3 is 0 Å². The highest BCUT2D eigenvalue weighted by Gasteiger charge is 2.19. The molecule has 0 unspecified atom stereocenters. The molecule has 1 aromatic heterocycles. The molecule has 1 heterocycles. The van der Waals surface area contributed by atoms with Gasteiger partial charge in [0.2, 0.25) is 5.89 Å². The van der Waals surface area contributed by atoms with E-state index < -0.39 is 0 Å². The van der Waals surface area contributed by atoms with Crippen molar-refractivity contribution in [3.63, 3.8) is 0 Å². The SMILES string of the molecule is C[C@H]1CC[C@H](NCCCOc2ccc(-c3nc4ccc(OCCCN[C@H]5CC[C@H](O)CC5)cc4o3)cc2)CC1. The number of rotatable bonds is 13. The molecule has 0 spiro atoms. The summed E-state index contributed by atoms with van der Waals surface area (Å²) in [4.78, 5) is 4.66. The minimum Gasteiger partial charge on any atom is -0.494 e. The number of nitrogens with one attached hydrogen (secondary N) is 2. The predicted molar refractivity (Wildman–Crippen MR) is 155 cm³/mol. The van der Waals surface area contributed by atoms with Crippen LogP contribution >= 0.6 is 0 Å². The number of fused-ring (bicyclic) bond motifs is 1. The number of aliphatic hydroxyl groups is 1. The lowest BCUT2D eigenvalue weighted by molar-refractivity contribution is 0.116. The first-order chi connectivity index (χ1) is 19.1. The van der Waals surface area contributed by atoms with E-state index in [1.165, 1.54) is 25.7 Å². The van der Waals surface area contributed by atoms with E-state index in [2.05, 4.69) is 22.5 Å². The first kappa shape index (κ1) is 27.9. The molecule has 0 bridgehead atoms. The fourth-order valence-corrected chi connectivity index (χ4v) is 5.69. The fraction of sp³-hybridized carbons (Fsp3) is 0.594. The molecule has 212 valence electrons. The van der Waals surface area contributed by atoms with Crippen LogP contribution in [-0.2, 0) is 0 Å². The maximum Gasteiger partial charge on any atom is 0.227 e. The topological polar surface area (TPSA) is 88.8 Å². The summed E-state index contributed by atoms with van der Waals surface area (Å²) in [5.74, 6) is 3.15. The van der Waals surface area contributed by atoms with Crippen molar-refractivity contribution >= 4 is 11.1 Å². The van der Waals surface area contributed by atoms with Crippen LogP contribution < -0.4 is 20.1 Å². The first-order valence-corrected chi connectivity index (χ1v) is 15.0. The van der Waals surface area contributed by atoms with Gasteiger partial charge in [-0.15, -0.1) is 0 Å². The molecule has 0 atom stereocenters. The van der Waals surface area contributed by atoms with E-state index >= 15 is 0 Å². The molecule has 39 heavy (non-hydrogen) atoms. The van der Waals surface area contributed by atoms with Crippen molar-refractivity contribution in [1.29, 1.82) is 0 Å². The Morgan fingerprint density at radius 3 is 2.05 bits per heavy atom. The second-order valence-corrected chi connectivity index (χ2v) is 11.4. The molecule has 3 aromatic rings. The van der Waals surface area contributed by atoms with Crippen molar-refractivity contribution in [3.05, 3.63) is 42.5 Å². The monoisotopic (exact) mass is 535 g/mol. The highest BCUT2D eigenvalue weighted by Crippen LogP contribution is 2.28. The van der Waals surface area contributed by atoms with Crippen molar-refractivity contribution in [2.24, 2.45) is 5.92 Å².